The van der Waals surface area contributed by atoms with E-state index in [0.717, 1.165) is 28.8 Å². The van der Waals surface area contributed by atoms with Crippen molar-refractivity contribution in [2.45, 2.75) is 13.3 Å². The Hall–Kier alpha value is -1.01. The van der Waals surface area contributed by atoms with E-state index in [9.17, 15) is 4.39 Å². The quantitative estimate of drug-likeness (QED) is 0.829. The summed E-state index contributed by atoms with van der Waals surface area (Å²) in [6, 6.07) is 4.46. The summed E-state index contributed by atoms with van der Waals surface area (Å²) in [5.41, 5.74) is 0.758. The van der Waals surface area contributed by atoms with E-state index in [1.165, 1.54) is 12.1 Å². The summed E-state index contributed by atoms with van der Waals surface area (Å²) in [5, 5.41) is 3.22. The number of halogens is 3. The van der Waals surface area contributed by atoms with E-state index >= 15 is 0 Å². The fraction of sp³-hybridized carbons (Fsp3) is 0.231. The molecule has 3 nitrogen and oxygen atoms in total. The smallest absolute Gasteiger partial charge is 0.162 e. The highest BCUT2D eigenvalue weighted by molar-refractivity contribution is 9.11. The molecule has 1 heterocycles. The number of aromatic nitrogens is 2. The normalized spacial score (nSPS) is 10.5. The molecule has 2 aromatic rings. The number of anilines is 1. The molecule has 1 aromatic carbocycles. The lowest BCUT2D eigenvalue weighted by atomic mass is 10.2. The van der Waals surface area contributed by atoms with Crippen molar-refractivity contribution in [3.05, 3.63) is 39.2 Å². The first-order chi connectivity index (χ1) is 9.11. The number of hydrogen-bond acceptors (Lipinski definition) is 3. The van der Waals surface area contributed by atoms with Gasteiger partial charge in [-0.15, -0.1) is 0 Å². The third kappa shape index (κ3) is 3.51. The summed E-state index contributed by atoms with van der Waals surface area (Å²) >= 11 is 6.73. The number of rotatable bonds is 4. The summed E-state index contributed by atoms with van der Waals surface area (Å²) in [7, 11) is 0. The molecule has 0 saturated heterocycles. The summed E-state index contributed by atoms with van der Waals surface area (Å²) in [4.78, 5) is 8.71. The number of nitrogens with one attached hydrogen (secondary N) is 1. The first-order valence-electron chi connectivity index (χ1n) is 5.83. The Morgan fingerprint density at radius 2 is 2.05 bits per heavy atom. The van der Waals surface area contributed by atoms with Crippen molar-refractivity contribution in [2.75, 3.05) is 11.9 Å². The molecule has 0 atom stereocenters. The van der Waals surface area contributed by atoms with Gasteiger partial charge >= 0.3 is 0 Å². The van der Waals surface area contributed by atoms with Gasteiger partial charge in [0.05, 0.1) is 4.47 Å². The molecule has 0 unspecified atom stereocenters. The van der Waals surface area contributed by atoms with Gasteiger partial charge in [0, 0.05) is 22.8 Å². The topological polar surface area (TPSA) is 37.8 Å². The van der Waals surface area contributed by atoms with Gasteiger partial charge in [-0.3, -0.25) is 0 Å². The van der Waals surface area contributed by atoms with Crippen LogP contribution in [0.25, 0.3) is 11.4 Å². The second-order valence-corrected chi connectivity index (χ2v) is 5.65. The van der Waals surface area contributed by atoms with Crippen LogP contribution in [-0.2, 0) is 0 Å². The SMILES string of the molecule is CCCNc1nc(-c2ccc(F)cc2Br)ncc1Br. The van der Waals surface area contributed by atoms with Gasteiger partial charge in [0.15, 0.2) is 5.82 Å². The number of nitrogens with zero attached hydrogens (tertiary/aromatic N) is 2. The van der Waals surface area contributed by atoms with Gasteiger partial charge in [-0.1, -0.05) is 6.92 Å². The Labute approximate surface area is 127 Å². The molecular formula is C13H12Br2FN3. The summed E-state index contributed by atoms with van der Waals surface area (Å²) in [6.07, 6.45) is 2.70. The predicted octanol–water partition coefficient (Wildman–Crippen LogP) is 4.63. The fourth-order valence-electron chi connectivity index (χ4n) is 1.54. The van der Waals surface area contributed by atoms with E-state index in [4.69, 9.17) is 0 Å². The van der Waals surface area contributed by atoms with Gasteiger partial charge in [0.25, 0.3) is 0 Å². The van der Waals surface area contributed by atoms with Crippen molar-refractivity contribution in [3.8, 4) is 11.4 Å². The molecule has 0 aliphatic rings. The average molecular weight is 389 g/mol. The monoisotopic (exact) mass is 387 g/mol. The minimum atomic E-state index is -0.294. The molecule has 0 spiro atoms. The molecule has 0 radical (unpaired) electrons. The van der Waals surface area contributed by atoms with Crippen molar-refractivity contribution in [2.24, 2.45) is 0 Å². The Morgan fingerprint density at radius 3 is 2.74 bits per heavy atom. The molecule has 100 valence electrons. The molecular weight excluding hydrogens is 377 g/mol. The van der Waals surface area contributed by atoms with Crippen LogP contribution < -0.4 is 5.32 Å². The second-order valence-electron chi connectivity index (χ2n) is 3.94. The van der Waals surface area contributed by atoms with Crippen LogP contribution in [0.15, 0.2) is 33.3 Å². The first kappa shape index (κ1) is 14.4. The fourth-order valence-corrected chi connectivity index (χ4v) is 2.39. The molecule has 0 bridgehead atoms. The number of hydrogen-bond donors (Lipinski definition) is 1. The van der Waals surface area contributed by atoms with Crippen LogP contribution in [-0.4, -0.2) is 16.5 Å². The lowest BCUT2D eigenvalue weighted by Crippen LogP contribution is -2.04. The third-order valence-electron chi connectivity index (χ3n) is 2.46. The van der Waals surface area contributed by atoms with Crippen LogP contribution >= 0.6 is 31.9 Å². The molecule has 1 N–H and O–H groups in total. The Morgan fingerprint density at radius 1 is 1.26 bits per heavy atom. The minimum absolute atomic E-state index is 0.294. The average Bonchev–Trinajstić information content (AvgIpc) is 2.38. The van der Waals surface area contributed by atoms with E-state index in [1.54, 1.807) is 12.3 Å². The second kappa shape index (κ2) is 6.43. The standard InChI is InChI=1S/C13H12Br2FN3/c1-2-5-17-13-11(15)7-18-12(19-13)9-4-3-8(16)6-10(9)14/h3-4,6-7H,2,5H2,1H3,(H,17,18,19). The molecule has 0 fully saturated rings. The Balaban J connectivity index is 2.39. The maximum Gasteiger partial charge on any atom is 0.162 e. The van der Waals surface area contributed by atoms with Crippen molar-refractivity contribution >= 4 is 37.7 Å². The zero-order chi connectivity index (χ0) is 13.8. The van der Waals surface area contributed by atoms with Gasteiger partial charge in [0.2, 0.25) is 0 Å². The minimum Gasteiger partial charge on any atom is -0.369 e. The highest BCUT2D eigenvalue weighted by Gasteiger charge is 2.10. The van der Waals surface area contributed by atoms with E-state index in [2.05, 4.69) is 54.1 Å². The highest BCUT2D eigenvalue weighted by atomic mass is 79.9. The summed E-state index contributed by atoms with van der Waals surface area (Å²) < 4.78 is 14.5. The maximum absolute atomic E-state index is 13.1. The van der Waals surface area contributed by atoms with Crippen molar-refractivity contribution in [1.82, 2.24) is 9.97 Å². The zero-order valence-corrected chi connectivity index (χ0v) is 13.4. The summed E-state index contributed by atoms with van der Waals surface area (Å²) in [6.45, 7) is 2.92. The zero-order valence-electron chi connectivity index (χ0n) is 10.3. The molecule has 2 rings (SSSR count). The molecule has 0 saturated carbocycles. The van der Waals surface area contributed by atoms with Gasteiger partial charge < -0.3 is 5.32 Å². The lowest BCUT2D eigenvalue weighted by Gasteiger charge is -2.09. The van der Waals surface area contributed by atoms with Crippen LogP contribution in [0, 0.1) is 5.82 Å². The third-order valence-corrected chi connectivity index (χ3v) is 3.69. The van der Waals surface area contributed by atoms with Crippen LogP contribution in [0.4, 0.5) is 10.2 Å². The molecule has 6 heteroatoms. The van der Waals surface area contributed by atoms with Gasteiger partial charge in [-0.05, 0) is 56.5 Å². The van der Waals surface area contributed by atoms with Crippen LogP contribution in [0.3, 0.4) is 0 Å². The highest BCUT2D eigenvalue weighted by Crippen LogP contribution is 2.29. The molecule has 19 heavy (non-hydrogen) atoms. The van der Waals surface area contributed by atoms with Crippen molar-refractivity contribution in [3.63, 3.8) is 0 Å². The van der Waals surface area contributed by atoms with Gasteiger partial charge in [0.1, 0.15) is 11.6 Å². The van der Waals surface area contributed by atoms with Crippen LogP contribution in [0.2, 0.25) is 0 Å². The Bertz CT molecular complexity index is 590. The predicted molar refractivity (Wildman–Crippen MR) is 81.6 cm³/mol. The lowest BCUT2D eigenvalue weighted by molar-refractivity contribution is 0.627. The number of benzene rings is 1. The molecule has 1 aromatic heterocycles. The summed E-state index contributed by atoms with van der Waals surface area (Å²) in [5.74, 6) is 0.994. The van der Waals surface area contributed by atoms with Crippen molar-refractivity contribution < 1.29 is 4.39 Å². The van der Waals surface area contributed by atoms with Crippen LogP contribution in [0.5, 0.6) is 0 Å². The first-order valence-corrected chi connectivity index (χ1v) is 7.42. The van der Waals surface area contributed by atoms with Crippen LogP contribution in [0.1, 0.15) is 13.3 Å². The van der Waals surface area contributed by atoms with E-state index in [-0.39, 0.29) is 5.82 Å². The molecule has 0 amide bonds. The van der Waals surface area contributed by atoms with E-state index < -0.39 is 0 Å². The largest absolute Gasteiger partial charge is 0.369 e. The van der Waals surface area contributed by atoms with E-state index in [0.29, 0.717) is 10.3 Å². The van der Waals surface area contributed by atoms with Gasteiger partial charge in [-0.25, -0.2) is 14.4 Å². The van der Waals surface area contributed by atoms with Gasteiger partial charge in [-0.2, -0.15) is 0 Å². The molecule has 0 aliphatic heterocycles. The van der Waals surface area contributed by atoms with Crippen molar-refractivity contribution in [1.29, 1.82) is 0 Å². The maximum atomic E-state index is 13.1. The van der Waals surface area contributed by atoms with E-state index in [1.807, 2.05) is 0 Å². The molecule has 0 aliphatic carbocycles. The Kier molecular flexibility index (Phi) is 4.87.